The van der Waals surface area contributed by atoms with E-state index in [1.54, 1.807) is 21.0 Å². The zero-order chi connectivity index (χ0) is 14.6. The average molecular weight is 325 g/mol. The minimum atomic E-state index is -0.760. The quantitative estimate of drug-likeness (QED) is 0.485. The molecule has 0 spiro atoms. The van der Waals surface area contributed by atoms with Gasteiger partial charge in [-0.1, -0.05) is 28.1 Å². The van der Waals surface area contributed by atoms with E-state index in [4.69, 9.17) is 4.74 Å². The highest BCUT2D eigenvalue weighted by atomic mass is 79.9. The Hall–Kier alpha value is -1.54. The Bertz CT molecular complexity index is 486. The lowest BCUT2D eigenvalue weighted by molar-refractivity contribution is -0.131. The van der Waals surface area contributed by atoms with Crippen molar-refractivity contribution < 1.29 is 9.53 Å². The van der Waals surface area contributed by atoms with Crippen molar-refractivity contribution >= 4 is 21.8 Å². The van der Waals surface area contributed by atoms with Gasteiger partial charge < -0.3 is 4.74 Å². The molecule has 1 aromatic carbocycles. The van der Waals surface area contributed by atoms with E-state index >= 15 is 0 Å². The van der Waals surface area contributed by atoms with E-state index < -0.39 is 4.32 Å². The predicted molar refractivity (Wildman–Crippen MR) is 76.9 cm³/mol. The summed E-state index contributed by atoms with van der Waals surface area (Å²) >= 11 is 3.29. The molecule has 0 aliphatic rings. The van der Waals surface area contributed by atoms with Gasteiger partial charge >= 0.3 is 0 Å². The van der Waals surface area contributed by atoms with Gasteiger partial charge in [0.2, 0.25) is 0 Å². The van der Waals surface area contributed by atoms with Crippen molar-refractivity contribution in [2.24, 2.45) is 0 Å². The standard InChI is InChI=1S/C14H17BrN2O2/c1-10(11-5-7-12(19-4)8-6-11)17(9-16)13(18)14(2,3)15/h5-8,10H,1-4H3. The molecular weight excluding hydrogens is 308 g/mol. The highest BCUT2D eigenvalue weighted by molar-refractivity contribution is 9.10. The Labute approximate surface area is 122 Å². The van der Waals surface area contributed by atoms with Crippen molar-refractivity contribution in [3.05, 3.63) is 29.8 Å². The van der Waals surface area contributed by atoms with E-state index in [1.807, 2.05) is 37.4 Å². The molecule has 0 saturated carbocycles. The maximum Gasteiger partial charge on any atom is 0.252 e. The van der Waals surface area contributed by atoms with Crippen LogP contribution in [0.15, 0.2) is 24.3 Å². The number of carbonyl (C=O) groups excluding carboxylic acids is 1. The van der Waals surface area contributed by atoms with Gasteiger partial charge in [0.15, 0.2) is 6.19 Å². The second-order valence-corrected chi connectivity index (χ2v) is 6.68. The van der Waals surface area contributed by atoms with Crippen LogP contribution in [0.3, 0.4) is 0 Å². The molecule has 1 atom stereocenters. The maximum absolute atomic E-state index is 12.2. The van der Waals surface area contributed by atoms with Crippen LogP contribution in [0.5, 0.6) is 5.75 Å². The molecule has 102 valence electrons. The molecule has 0 aliphatic heterocycles. The first-order valence-electron chi connectivity index (χ1n) is 5.87. The van der Waals surface area contributed by atoms with Gasteiger partial charge in [-0.2, -0.15) is 5.26 Å². The molecule has 1 aromatic rings. The lowest BCUT2D eigenvalue weighted by atomic mass is 10.1. The largest absolute Gasteiger partial charge is 0.497 e. The topological polar surface area (TPSA) is 53.3 Å². The Morgan fingerprint density at radius 3 is 2.32 bits per heavy atom. The van der Waals surface area contributed by atoms with Crippen molar-refractivity contribution in [3.8, 4) is 11.9 Å². The number of ether oxygens (including phenoxy) is 1. The Balaban J connectivity index is 2.99. The minimum absolute atomic E-state index is 0.265. The monoisotopic (exact) mass is 324 g/mol. The molecule has 0 aliphatic carbocycles. The lowest BCUT2D eigenvalue weighted by Crippen LogP contribution is -2.40. The van der Waals surface area contributed by atoms with E-state index in [1.165, 1.54) is 4.90 Å². The zero-order valence-electron chi connectivity index (χ0n) is 11.5. The summed E-state index contributed by atoms with van der Waals surface area (Å²) in [4.78, 5) is 13.3. The summed E-state index contributed by atoms with van der Waals surface area (Å²) in [6, 6.07) is 7.00. The molecule has 0 aromatic heterocycles. The highest BCUT2D eigenvalue weighted by Crippen LogP contribution is 2.27. The summed E-state index contributed by atoms with van der Waals surface area (Å²) in [5.41, 5.74) is 0.882. The summed E-state index contributed by atoms with van der Waals surface area (Å²) < 4.78 is 4.32. The first kappa shape index (κ1) is 15.5. The fourth-order valence-electron chi connectivity index (χ4n) is 1.63. The molecule has 1 amide bonds. The van der Waals surface area contributed by atoms with Crippen molar-refractivity contribution in [1.29, 1.82) is 5.26 Å². The summed E-state index contributed by atoms with van der Waals surface area (Å²) in [6.07, 6.45) is 1.96. The molecule has 0 N–H and O–H groups in total. The Morgan fingerprint density at radius 2 is 1.95 bits per heavy atom. The smallest absolute Gasteiger partial charge is 0.252 e. The van der Waals surface area contributed by atoms with Crippen LogP contribution < -0.4 is 4.74 Å². The molecular formula is C14H17BrN2O2. The van der Waals surface area contributed by atoms with Crippen LogP contribution in [0.4, 0.5) is 0 Å². The van der Waals surface area contributed by atoms with Gasteiger partial charge in [-0.15, -0.1) is 0 Å². The Kier molecular flexibility index (Phi) is 4.96. The van der Waals surface area contributed by atoms with Crippen LogP contribution in [-0.4, -0.2) is 22.2 Å². The van der Waals surface area contributed by atoms with Crippen LogP contribution in [0.2, 0.25) is 0 Å². The van der Waals surface area contributed by atoms with E-state index in [-0.39, 0.29) is 11.9 Å². The van der Waals surface area contributed by atoms with Crippen LogP contribution in [-0.2, 0) is 4.79 Å². The number of amides is 1. The number of benzene rings is 1. The van der Waals surface area contributed by atoms with Crippen molar-refractivity contribution in [3.63, 3.8) is 0 Å². The predicted octanol–water partition coefficient (Wildman–Crippen LogP) is 3.24. The molecule has 1 unspecified atom stereocenters. The molecule has 0 radical (unpaired) electrons. The third-order valence-electron chi connectivity index (χ3n) is 2.82. The fraction of sp³-hybridized carbons (Fsp3) is 0.429. The highest BCUT2D eigenvalue weighted by Gasteiger charge is 2.32. The van der Waals surface area contributed by atoms with Gasteiger partial charge in [-0.3, -0.25) is 4.79 Å². The van der Waals surface area contributed by atoms with Crippen molar-refractivity contribution in [1.82, 2.24) is 4.90 Å². The SMILES string of the molecule is COc1ccc(C(C)N(C#N)C(=O)C(C)(C)Br)cc1. The number of hydrogen-bond acceptors (Lipinski definition) is 3. The molecule has 19 heavy (non-hydrogen) atoms. The van der Waals surface area contributed by atoms with E-state index in [2.05, 4.69) is 15.9 Å². The number of carbonyl (C=O) groups is 1. The van der Waals surface area contributed by atoms with E-state index in [9.17, 15) is 10.1 Å². The maximum atomic E-state index is 12.2. The normalized spacial score (nSPS) is 12.4. The minimum Gasteiger partial charge on any atom is -0.497 e. The van der Waals surface area contributed by atoms with E-state index in [0.717, 1.165) is 11.3 Å². The summed E-state index contributed by atoms with van der Waals surface area (Å²) in [5, 5.41) is 9.20. The zero-order valence-corrected chi connectivity index (χ0v) is 13.1. The summed E-state index contributed by atoms with van der Waals surface area (Å²) in [7, 11) is 1.59. The van der Waals surface area contributed by atoms with E-state index in [0.29, 0.717) is 0 Å². The molecule has 4 nitrogen and oxygen atoms in total. The second-order valence-electron chi connectivity index (χ2n) is 4.70. The second kappa shape index (κ2) is 6.07. The van der Waals surface area contributed by atoms with Gasteiger partial charge in [0.25, 0.3) is 5.91 Å². The molecule has 0 saturated heterocycles. The number of rotatable bonds is 4. The average Bonchev–Trinajstić information content (AvgIpc) is 2.38. The van der Waals surface area contributed by atoms with Gasteiger partial charge in [-0.05, 0) is 38.5 Å². The molecule has 0 fully saturated rings. The number of nitrogens with zero attached hydrogens (tertiary/aromatic N) is 2. The van der Waals surface area contributed by atoms with Crippen molar-refractivity contribution in [2.75, 3.05) is 7.11 Å². The van der Waals surface area contributed by atoms with Gasteiger partial charge in [0.1, 0.15) is 5.75 Å². The first-order valence-corrected chi connectivity index (χ1v) is 6.66. The fourth-order valence-corrected chi connectivity index (χ4v) is 1.82. The van der Waals surface area contributed by atoms with Crippen LogP contribution in [0.1, 0.15) is 32.4 Å². The number of nitriles is 1. The molecule has 5 heteroatoms. The molecule has 0 heterocycles. The van der Waals surface area contributed by atoms with Crippen LogP contribution in [0, 0.1) is 11.5 Å². The number of hydrogen-bond donors (Lipinski definition) is 0. The third kappa shape index (κ3) is 3.71. The first-order chi connectivity index (χ1) is 8.81. The number of halogens is 1. The van der Waals surface area contributed by atoms with Gasteiger partial charge in [-0.25, -0.2) is 4.90 Å². The summed E-state index contributed by atoms with van der Waals surface area (Å²) in [5.74, 6) is 0.477. The number of methoxy groups -OCH3 is 1. The van der Waals surface area contributed by atoms with Crippen molar-refractivity contribution in [2.45, 2.75) is 31.1 Å². The van der Waals surface area contributed by atoms with Gasteiger partial charge in [0, 0.05) is 0 Å². The van der Waals surface area contributed by atoms with Crippen LogP contribution in [0.25, 0.3) is 0 Å². The third-order valence-corrected chi connectivity index (χ3v) is 3.16. The summed E-state index contributed by atoms with van der Waals surface area (Å²) in [6.45, 7) is 5.27. The number of alkyl halides is 1. The molecule has 0 bridgehead atoms. The van der Waals surface area contributed by atoms with Crippen LogP contribution >= 0.6 is 15.9 Å². The molecule has 1 rings (SSSR count). The Morgan fingerprint density at radius 1 is 1.42 bits per heavy atom. The van der Waals surface area contributed by atoms with Gasteiger partial charge in [0.05, 0.1) is 17.5 Å². The lowest BCUT2D eigenvalue weighted by Gasteiger charge is -2.27.